The van der Waals surface area contributed by atoms with Gasteiger partial charge in [-0.05, 0) is 24.1 Å². The van der Waals surface area contributed by atoms with Crippen molar-refractivity contribution in [3.63, 3.8) is 0 Å². The standard InChI is InChI=1S/C15H25NO2/c1-3-4-5-6-10-18-15(12-16)13-8-7-9-14(11-13)17-2/h7-9,11,15H,3-6,10,12,16H2,1-2H3. The Morgan fingerprint density at radius 1 is 1.22 bits per heavy atom. The van der Waals surface area contributed by atoms with E-state index in [1.807, 2.05) is 24.3 Å². The first kappa shape index (κ1) is 15.0. The topological polar surface area (TPSA) is 44.5 Å². The first-order valence-electron chi connectivity index (χ1n) is 6.77. The molecular weight excluding hydrogens is 226 g/mol. The maximum absolute atomic E-state index is 5.84. The molecule has 0 spiro atoms. The van der Waals surface area contributed by atoms with E-state index in [0.29, 0.717) is 6.54 Å². The van der Waals surface area contributed by atoms with E-state index < -0.39 is 0 Å². The molecule has 1 aromatic carbocycles. The molecule has 3 nitrogen and oxygen atoms in total. The van der Waals surface area contributed by atoms with Crippen LogP contribution in [0.1, 0.15) is 44.3 Å². The zero-order valence-corrected chi connectivity index (χ0v) is 11.5. The van der Waals surface area contributed by atoms with E-state index in [0.717, 1.165) is 24.3 Å². The molecule has 0 aliphatic carbocycles. The van der Waals surface area contributed by atoms with Gasteiger partial charge in [0.05, 0.1) is 13.2 Å². The van der Waals surface area contributed by atoms with Crippen LogP contribution < -0.4 is 10.5 Å². The average Bonchev–Trinajstić information content (AvgIpc) is 2.43. The van der Waals surface area contributed by atoms with E-state index >= 15 is 0 Å². The normalized spacial score (nSPS) is 12.4. The minimum absolute atomic E-state index is 0.0262. The molecular formula is C15H25NO2. The van der Waals surface area contributed by atoms with Crippen molar-refractivity contribution in [3.8, 4) is 5.75 Å². The molecule has 0 radical (unpaired) electrons. The highest BCUT2D eigenvalue weighted by atomic mass is 16.5. The van der Waals surface area contributed by atoms with Crippen LogP contribution in [-0.2, 0) is 4.74 Å². The number of nitrogens with two attached hydrogens (primary N) is 1. The second kappa shape index (κ2) is 8.95. The van der Waals surface area contributed by atoms with Crippen molar-refractivity contribution in [2.45, 2.75) is 38.7 Å². The summed E-state index contributed by atoms with van der Waals surface area (Å²) in [7, 11) is 1.67. The molecule has 1 aromatic rings. The van der Waals surface area contributed by atoms with Crippen molar-refractivity contribution in [1.29, 1.82) is 0 Å². The summed E-state index contributed by atoms with van der Waals surface area (Å²) >= 11 is 0. The fourth-order valence-corrected chi connectivity index (χ4v) is 1.90. The van der Waals surface area contributed by atoms with Crippen molar-refractivity contribution in [2.75, 3.05) is 20.3 Å². The van der Waals surface area contributed by atoms with Gasteiger partial charge in [0.25, 0.3) is 0 Å². The van der Waals surface area contributed by atoms with Crippen molar-refractivity contribution in [2.24, 2.45) is 5.73 Å². The summed E-state index contributed by atoms with van der Waals surface area (Å²) in [4.78, 5) is 0. The largest absolute Gasteiger partial charge is 0.497 e. The Balaban J connectivity index is 2.44. The lowest BCUT2D eigenvalue weighted by molar-refractivity contribution is 0.0557. The lowest BCUT2D eigenvalue weighted by Gasteiger charge is -2.17. The number of benzene rings is 1. The van der Waals surface area contributed by atoms with E-state index in [9.17, 15) is 0 Å². The van der Waals surface area contributed by atoms with Crippen LogP contribution in [0.5, 0.6) is 5.75 Å². The molecule has 1 atom stereocenters. The van der Waals surface area contributed by atoms with Gasteiger partial charge in [-0.3, -0.25) is 0 Å². The molecule has 0 bridgehead atoms. The van der Waals surface area contributed by atoms with Crippen LogP contribution in [0, 0.1) is 0 Å². The summed E-state index contributed by atoms with van der Waals surface area (Å²) in [5, 5.41) is 0. The van der Waals surface area contributed by atoms with Gasteiger partial charge in [-0.15, -0.1) is 0 Å². The van der Waals surface area contributed by atoms with Gasteiger partial charge >= 0.3 is 0 Å². The third kappa shape index (κ3) is 5.07. The first-order chi connectivity index (χ1) is 8.81. The van der Waals surface area contributed by atoms with Crippen molar-refractivity contribution < 1.29 is 9.47 Å². The van der Waals surface area contributed by atoms with Crippen LogP contribution >= 0.6 is 0 Å². The fourth-order valence-electron chi connectivity index (χ4n) is 1.90. The zero-order chi connectivity index (χ0) is 13.2. The van der Waals surface area contributed by atoms with Crippen molar-refractivity contribution in [1.82, 2.24) is 0 Å². The highest BCUT2D eigenvalue weighted by Crippen LogP contribution is 2.21. The highest BCUT2D eigenvalue weighted by Gasteiger charge is 2.10. The van der Waals surface area contributed by atoms with E-state index in [-0.39, 0.29) is 6.10 Å². The Kier molecular flexibility index (Phi) is 7.46. The SMILES string of the molecule is CCCCCCOC(CN)c1cccc(OC)c1. The number of unbranched alkanes of at least 4 members (excludes halogenated alkanes) is 3. The van der Waals surface area contributed by atoms with Crippen LogP contribution in [0.4, 0.5) is 0 Å². The molecule has 102 valence electrons. The third-order valence-corrected chi connectivity index (χ3v) is 3.00. The molecule has 18 heavy (non-hydrogen) atoms. The summed E-state index contributed by atoms with van der Waals surface area (Å²) < 4.78 is 11.1. The molecule has 0 heterocycles. The van der Waals surface area contributed by atoms with Gasteiger partial charge in [0.2, 0.25) is 0 Å². The van der Waals surface area contributed by atoms with Gasteiger partial charge in [-0.25, -0.2) is 0 Å². The minimum Gasteiger partial charge on any atom is -0.497 e. The van der Waals surface area contributed by atoms with Gasteiger partial charge in [-0.2, -0.15) is 0 Å². The van der Waals surface area contributed by atoms with Crippen LogP contribution in [0.2, 0.25) is 0 Å². The lowest BCUT2D eigenvalue weighted by Crippen LogP contribution is -2.16. The van der Waals surface area contributed by atoms with Gasteiger partial charge < -0.3 is 15.2 Å². The Labute approximate surface area is 110 Å². The van der Waals surface area contributed by atoms with E-state index in [1.165, 1.54) is 19.3 Å². The summed E-state index contributed by atoms with van der Waals surface area (Å²) in [5.41, 5.74) is 6.86. The van der Waals surface area contributed by atoms with E-state index in [1.54, 1.807) is 7.11 Å². The monoisotopic (exact) mass is 251 g/mol. The maximum atomic E-state index is 5.84. The summed E-state index contributed by atoms with van der Waals surface area (Å²) in [5.74, 6) is 0.848. The lowest BCUT2D eigenvalue weighted by atomic mass is 10.1. The van der Waals surface area contributed by atoms with Gasteiger partial charge in [0, 0.05) is 13.2 Å². The molecule has 0 aromatic heterocycles. The molecule has 0 aliphatic rings. The summed E-state index contributed by atoms with van der Waals surface area (Å²) in [6.45, 7) is 3.49. The highest BCUT2D eigenvalue weighted by molar-refractivity contribution is 5.30. The van der Waals surface area contributed by atoms with Gasteiger partial charge in [0.15, 0.2) is 0 Å². The van der Waals surface area contributed by atoms with Gasteiger partial charge in [-0.1, -0.05) is 38.3 Å². The van der Waals surface area contributed by atoms with Crippen molar-refractivity contribution >= 4 is 0 Å². The maximum Gasteiger partial charge on any atom is 0.119 e. The fraction of sp³-hybridized carbons (Fsp3) is 0.600. The summed E-state index contributed by atoms with van der Waals surface area (Å²) in [6, 6.07) is 7.92. The summed E-state index contributed by atoms with van der Waals surface area (Å²) in [6.07, 6.45) is 4.83. The smallest absolute Gasteiger partial charge is 0.119 e. The zero-order valence-electron chi connectivity index (χ0n) is 11.5. The van der Waals surface area contributed by atoms with Crippen LogP contribution in [0.3, 0.4) is 0 Å². The molecule has 0 saturated heterocycles. The quantitative estimate of drug-likeness (QED) is 0.685. The first-order valence-corrected chi connectivity index (χ1v) is 6.77. The predicted molar refractivity (Wildman–Crippen MR) is 74.9 cm³/mol. The van der Waals surface area contributed by atoms with Crippen LogP contribution in [0.15, 0.2) is 24.3 Å². The molecule has 0 aliphatic heterocycles. The minimum atomic E-state index is -0.0262. The molecule has 0 fully saturated rings. The van der Waals surface area contributed by atoms with Crippen LogP contribution in [-0.4, -0.2) is 20.3 Å². The Bertz CT molecular complexity index is 328. The predicted octanol–water partition coefficient (Wildman–Crippen LogP) is 3.29. The van der Waals surface area contributed by atoms with Gasteiger partial charge in [0.1, 0.15) is 5.75 Å². The molecule has 0 amide bonds. The number of hydrogen-bond donors (Lipinski definition) is 1. The van der Waals surface area contributed by atoms with Crippen LogP contribution in [0.25, 0.3) is 0 Å². The number of ether oxygens (including phenoxy) is 2. The van der Waals surface area contributed by atoms with Crippen molar-refractivity contribution in [3.05, 3.63) is 29.8 Å². The number of rotatable bonds is 9. The second-order valence-electron chi connectivity index (χ2n) is 4.43. The average molecular weight is 251 g/mol. The Morgan fingerprint density at radius 2 is 2.06 bits per heavy atom. The second-order valence-corrected chi connectivity index (χ2v) is 4.43. The number of methoxy groups -OCH3 is 1. The molecule has 3 heteroatoms. The molecule has 0 saturated carbocycles. The molecule has 1 unspecified atom stereocenters. The third-order valence-electron chi connectivity index (χ3n) is 3.00. The Morgan fingerprint density at radius 3 is 2.72 bits per heavy atom. The van der Waals surface area contributed by atoms with E-state index in [2.05, 4.69) is 6.92 Å². The number of hydrogen-bond acceptors (Lipinski definition) is 3. The molecule has 1 rings (SSSR count). The molecule has 2 N–H and O–H groups in total. The Hall–Kier alpha value is -1.06. The van der Waals surface area contributed by atoms with E-state index in [4.69, 9.17) is 15.2 Å².